The number of benzene rings is 1. The van der Waals surface area contributed by atoms with Gasteiger partial charge in [0, 0.05) is 32.2 Å². The van der Waals surface area contributed by atoms with Crippen LogP contribution in [0.4, 0.5) is 5.69 Å². The second kappa shape index (κ2) is 9.47. The zero-order chi connectivity index (χ0) is 20.8. The fourth-order valence-electron chi connectivity index (χ4n) is 3.11. The van der Waals surface area contributed by atoms with Crippen LogP contribution >= 0.6 is 11.3 Å². The molecule has 1 aromatic carbocycles. The van der Waals surface area contributed by atoms with Gasteiger partial charge in [-0.1, -0.05) is 6.07 Å². The van der Waals surface area contributed by atoms with Crippen LogP contribution < -0.4 is 4.90 Å². The second-order valence-electron chi connectivity index (χ2n) is 6.28. The van der Waals surface area contributed by atoms with Gasteiger partial charge < -0.3 is 14.4 Å². The van der Waals surface area contributed by atoms with Crippen LogP contribution in [0.1, 0.15) is 10.4 Å². The second-order valence-corrected chi connectivity index (χ2v) is 7.23. The van der Waals surface area contributed by atoms with Gasteiger partial charge in [-0.15, -0.1) is 11.3 Å². The van der Waals surface area contributed by atoms with Gasteiger partial charge in [0.05, 0.1) is 36.1 Å². The number of nitrogens with zero attached hydrogens (tertiary/aromatic N) is 3. The summed E-state index contributed by atoms with van der Waals surface area (Å²) in [6.07, 6.45) is 0. The molecule has 0 radical (unpaired) electrons. The molecule has 150 valence electrons. The predicted octanol–water partition coefficient (Wildman–Crippen LogP) is 2.50. The topological polar surface area (TPSA) is 82.9 Å². The Morgan fingerprint density at radius 3 is 2.21 bits per heavy atom. The highest BCUT2D eigenvalue weighted by molar-refractivity contribution is 7.11. The number of methoxy groups -OCH3 is 2. The van der Waals surface area contributed by atoms with Crippen molar-refractivity contribution in [1.29, 1.82) is 5.26 Å². The first-order valence-corrected chi connectivity index (χ1v) is 9.90. The highest BCUT2D eigenvalue weighted by Gasteiger charge is 2.42. The minimum absolute atomic E-state index is 0.343. The minimum Gasteiger partial charge on any atom is -0.383 e. The molecule has 0 aliphatic carbocycles. The van der Waals surface area contributed by atoms with Crippen molar-refractivity contribution in [1.82, 2.24) is 4.90 Å². The van der Waals surface area contributed by atoms with Crippen LogP contribution in [-0.2, 0) is 19.1 Å². The van der Waals surface area contributed by atoms with E-state index >= 15 is 0 Å². The Balaban J connectivity index is 2.06. The average molecular weight is 411 g/mol. The number of nitriles is 1. The molecule has 1 aromatic heterocycles. The fourth-order valence-corrected chi connectivity index (χ4v) is 3.88. The number of thiophene rings is 1. The third kappa shape index (κ3) is 4.22. The molecule has 1 aliphatic rings. The molecular weight excluding hydrogens is 390 g/mol. The Hall–Kier alpha value is -2.99. The molecule has 0 N–H and O–H groups in total. The monoisotopic (exact) mass is 411 g/mol. The standard InChI is InChI=1S/C21H21N3O4S/c1-27-11-9-23(10-12-28-2)19-18(17-4-3-13-29-17)20(25)24(21(19)26)16-7-5-15(14-22)6-8-16/h3-8,13H,9-12H2,1-2H3. The van der Waals surface area contributed by atoms with Crippen LogP contribution in [0.25, 0.3) is 5.57 Å². The van der Waals surface area contributed by atoms with Crippen molar-refractivity contribution in [3.05, 3.63) is 57.9 Å². The highest BCUT2D eigenvalue weighted by Crippen LogP contribution is 2.36. The van der Waals surface area contributed by atoms with Crippen molar-refractivity contribution in [2.45, 2.75) is 0 Å². The van der Waals surface area contributed by atoms with Crippen LogP contribution in [-0.4, -0.2) is 57.2 Å². The molecule has 7 nitrogen and oxygen atoms in total. The van der Waals surface area contributed by atoms with Crippen LogP contribution in [0.15, 0.2) is 47.5 Å². The van der Waals surface area contributed by atoms with Crippen molar-refractivity contribution >= 4 is 34.4 Å². The maximum absolute atomic E-state index is 13.4. The Morgan fingerprint density at radius 2 is 1.69 bits per heavy atom. The summed E-state index contributed by atoms with van der Waals surface area (Å²) in [7, 11) is 3.18. The number of hydrogen-bond acceptors (Lipinski definition) is 7. The summed E-state index contributed by atoms with van der Waals surface area (Å²) in [5.74, 6) is -0.771. The number of ether oxygens (including phenoxy) is 2. The molecule has 29 heavy (non-hydrogen) atoms. The van der Waals surface area contributed by atoms with E-state index in [4.69, 9.17) is 14.7 Å². The van der Waals surface area contributed by atoms with E-state index in [1.165, 1.54) is 11.3 Å². The van der Waals surface area contributed by atoms with Crippen LogP contribution in [0.3, 0.4) is 0 Å². The molecule has 2 amide bonds. The van der Waals surface area contributed by atoms with Crippen molar-refractivity contribution in [2.75, 3.05) is 45.4 Å². The van der Waals surface area contributed by atoms with E-state index in [1.54, 1.807) is 38.5 Å². The molecule has 0 saturated carbocycles. The van der Waals surface area contributed by atoms with Crippen LogP contribution in [0.2, 0.25) is 0 Å². The number of anilines is 1. The molecule has 8 heteroatoms. The van der Waals surface area contributed by atoms with Gasteiger partial charge in [-0.25, -0.2) is 4.90 Å². The van der Waals surface area contributed by atoms with E-state index in [9.17, 15) is 9.59 Å². The lowest BCUT2D eigenvalue weighted by Crippen LogP contribution is -2.37. The molecule has 0 saturated heterocycles. The Bertz CT molecular complexity index is 937. The normalized spacial score (nSPS) is 13.9. The third-order valence-corrected chi connectivity index (χ3v) is 5.42. The van der Waals surface area contributed by atoms with Gasteiger partial charge in [0.25, 0.3) is 11.8 Å². The van der Waals surface area contributed by atoms with E-state index in [0.717, 1.165) is 9.78 Å². The quantitative estimate of drug-likeness (QED) is 0.590. The molecule has 0 spiro atoms. The minimum atomic E-state index is -0.393. The summed E-state index contributed by atoms with van der Waals surface area (Å²) in [6, 6.07) is 12.1. The molecule has 0 fully saturated rings. The molecule has 0 unspecified atom stereocenters. The van der Waals surface area contributed by atoms with Gasteiger partial charge in [-0.2, -0.15) is 5.26 Å². The smallest absolute Gasteiger partial charge is 0.282 e. The van der Waals surface area contributed by atoms with Gasteiger partial charge >= 0.3 is 0 Å². The SMILES string of the molecule is COCCN(CCOC)C1=C(c2cccs2)C(=O)N(c2ccc(C#N)cc2)C1=O. The molecule has 2 aromatic rings. The number of hydrogen-bond donors (Lipinski definition) is 0. The number of carbonyl (C=O) groups is 2. The lowest BCUT2D eigenvalue weighted by Gasteiger charge is -2.25. The van der Waals surface area contributed by atoms with E-state index < -0.39 is 5.91 Å². The number of rotatable bonds is 9. The first-order valence-electron chi connectivity index (χ1n) is 9.02. The van der Waals surface area contributed by atoms with Crippen molar-refractivity contribution in [3.8, 4) is 6.07 Å². The van der Waals surface area contributed by atoms with E-state index in [2.05, 4.69) is 0 Å². The number of amides is 2. The maximum Gasteiger partial charge on any atom is 0.282 e. The van der Waals surface area contributed by atoms with E-state index in [0.29, 0.717) is 48.8 Å². The van der Waals surface area contributed by atoms with Crippen LogP contribution in [0.5, 0.6) is 0 Å². The summed E-state index contributed by atoms with van der Waals surface area (Å²) >= 11 is 1.41. The first-order chi connectivity index (χ1) is 14.1. The van der Waals surface area contributed by atoms with Crippen LogP contribution in [0, 0.1) is 11.3 Å². The first kappa shape index (κ1) is 20.7. The van der Waals surface area contributed by atoms with Gasteiger partial charge in [0.15, 0.2) is 0 Å². The summed E-state index contributed by atoms with van der Waals surface area (Å²) in [6.45, 7) is 1.71. The van der Waals surface area contributed by atoms with Crippen molar-refractivity contribution in [2.24, 2.45) is 0 Å². The maximum atomic E-state index is 13.4. The van der Waals surface area contributed by atoms with E-state index in [1.807, 2.05) is 28.5 Å². The lowest BCUT2D eigenvalue weighted by molar-refractivity contribution is -0.120. The zero-order valence-electron chi connectivity index (χ0n) is 16.3. The summed E-state index contributed by atoms with van der Waals surface area (Å²) < 4.78 is 10.4. The zero-order valence-corrected chi connectivity index (χ0v) is 17.1. The Morgan fingerprint density at radius 1 is 1.03 bits per heavy atom. The largest absolute Gasteiger partial charge is 0.383 e. The molecule has 2 heterocycles. The van der Waals surface area contributed by atoms with Gasteiger partial charge in [0.1, 0.15) is 5.70 Å². The van der Waals surface area contributed by atoms with Crippen molar-refractivity contribution in [3.63, 3.8) is 0 Å². The Kier molecular flexibility index (Phi) is 6.77. The summed E-state index contributed by atoms with van der Waals surface area (Å²) in [4.78, 5) is 30.5. The Labute approximate surface area is 173 Å². The summed E-state index contributed by atoms with van der Waals surface area (Å²) in [5, 5.41) is 10.9. The molecule has 3 rings (SSSR count). The highest BCUT2D eigenvalue weighted by atomic mass is 32.1. The third-order valence-electron chi connectivity index (χ3n) is 4.53. The predicted molar refractivity (Wildman–Crippen MR) is 110 cm³/mol. The van der Waals surface area contributed by atoms with Crippen molar-refractivity contribution < 1.29 is 19.1 Å². The number of imide groups is 1. The molecule has 1 aliphatic heterocycles. The van der Waals surface area contributed by atoms with Gasteiger partial charge in [-0.05, 0) is 35.7 Å². The molecule has 0 bridgehead atoms. The average Bonchev–Trinajstić information content (AvgIpc) is 3.35. The van der Waals surface area contributed by atoms with Gasteiger partial charge in [-0.3, -0.25) is 9.59 Å². The number of carbonyl (C=O) groups excluding carboxylic acids is 2. The summed E-state index contributed by atoms with van der Waals surface area (Å²) in [5.41, 5.74) is 1.61. The molecular formula is C21H21N3O4S. The molecule has 0 atom stereocenters. The fraction of sp³-hybridized carbons (Fsp3) is 0.286. The lowest BCUT2D eigenvalue weighted by atomic mass is 10.1. The van der Waals surface area contributed by atoms with E-state index in [-0.39, 0.29) is 5.91 Å². The van der Waals surface area contributed by atoms with Gasteiger partial charge in [0.2, 0.25) is 0 Å².